The SMILES string of the molecule is CC(C)OC(=O)C1=CC(N)=NS1(=O)=O. The van der Waals surface area contributed by atoms with Gasteiger partial charge in [0.25, 0.3) is 10.0 Å². The lowest BCUT2D eigenvalue weighted by atomic mass is 10.4. The maximum atomic E-state index is 11.2. The minimum absolute atomic E-state index is 0.208. The summed E-state index contributed by atoms with van der Waals surface area (Å²) in [6.45, 7) is 3.23. The standard InChI is InChI=1S/C7H10N2O4S/c1-4(2)13-7(10)5-3-6(8)9-14(5,11)12/h3-4H,1-2H3,(H2,8,9). The molecule has 0 fully saturated rings. The zero-order valence-electron chi connectivity index (χ0n) is 7.72. The summed E-state index contributed by atoms with van der Waals surface area (Å²) in [5, 5.41) is 0. The average Bonchev–Trinajstić information content (AvgIpc) is 2.22. The summed E-state index contributed by atoms with van der Waals surface area (Å²) in [5.74, 6) is -1.13. The normalized spacial score (nSPS) is 19.1. The van der Waals surface area contributed by atoms with Gasteiger partial charge in [-0.15, -0.1) is 4.40 Å². The first-order valence-corrected chi connectivity index (χ1v) is 5.30. The number of nitrogens with two attached hydrogens (primary N) is 1. The smallest absolute Gasteiger partial charge is 0.352 e. The monoisotopic (exact) mass is 218 g/mol. The number of esters is 1. The highest BCUT2D eigenvalue weighted by Gasteiger charge is 2.31. The van der Waals surface area contributed by atoms with Gasteiger partial charge in [0.05, 0.1) is 6.10 Å². The molecule has 0 bridgehead atoms. The molecule has 0 aliphatic carbocycles. The van der Waals surface area contributed by atoms with Gasteiger partial charge in [-0.05, 0) is 13.8 Å². The van der Waals surface area contributed by atoms with Crippen molar-refractivity contribution in [1.82, 2.24) is 0 Å². The van der Waals surface area contributed by atoms with E-state index in [2.05, 4.69) is 4.40 Å². The third-order valence-electron chi connectivity index (χ3n) is 1.33. The lowest BCUT2D eigenvalue weighted by Gasteiger charge is -2.06. The van der Waals surface area contributed by atoms with Crippen LogP contribution in [0.15, 0.2) is 15.4 Å². The molecular weight excluding hydrogens is 208 g/mol. The quantitative estimate of drug-likeness (QED) is 0.631. The molecule has 0 atom stereocenters. The van der Waals surface area contributed by atoms with Gasteiger partial charge in [0, 0.05) is 6.08 Å². The van der Waals surface area contributed by atoms with Crippen molar-refractivity contribution in [2.75, 3.05) is 0 Å². The summed E-state index contributed by atoms with van der Waals surface area (Å²) in [6, 6.07) is 0. The van der Waals surface area contributed by atoms with Crippen molar-refractivity contribution in [1.29, 1.82) is 0 Å². The molecule has 0 radical (unpaired) electrons. The summed E-state index contributed by atoms with van der Waals surface area (Å²) in [6.07, 6.45) is 0.598. The Morgan fingerprint density at radius 1 is 1.57 bits per heavy atom. The van der Waals surface area contributed by atoms with Crippen LogP contribution < -0.4 is 5.73 Å². The van der Waals surface area contributed by atoms with Crippen molar-refractivity contribution >= 4 is 21.8 Å². The highest BCUT2D eigenvalue weighted by atomic mass is 32.2. The van der Waals surface area contributed by atoms with Gasteiger partial charge in [-0.3, -0.25) is 0 Å². The fourth-order valence-corrected chi connectivity index (χ4v) is 1.82. The van der Waals surface area contributed by atoms with Crippen LogP contribution in [0.3, 0.4) is 0 Å². The van der Waals surface area contributed by atoms with E-state index in [0.29, 0.717) is 0 Å². The number of sulfonamides is 1. The Balaban J connectivity index is 2.93. The largest absolute Gasteiger partial charge is 0.459 e. The zero-order chi connectivity index (χ0) is 10.9. The number of nitrogens with zero attached hydrogens (tertiary/aromatic N) is 1. The molecule has 0 aromatic heterocycles. The molecule has 2 N–H and O–H groups in total. The molecule has 0 saturated heterocycles. The maximum absolute atomic E-state index is 11.2. The Bertz CT molecular complexity index is 419. The van der Waals surface area contributed by atoms with Crippen molar-refractivity contribution in [3.63, 3.8) is 0 Å². The molecule has 78 valence electrons. The van der Waals surface area contributed by atoms with Crippen LogP contribution in [0.5, 0.6) is 0 Å². The van der Waals surface area contributed by atoms with E-state index in [1.54, 1.807) is 13.8 Å². The minimum Gasteiger partial charge on any atom is -0.459 e. The van der Waals surface area contributed by atoms with Gasteiger partial charge >= 0.3 is 5.97 Å². The van der Waals surface area contributed by atoms with Gasteiger partial charge in [-0.2, -0.15) is 8.42 Å². The van der Waals surface area contributed by atoms with E-state index in [-0.39, 0.29) is 11.9 Å². The Morgan fingerprint density at radius 3 is 2.50 bits per heavy atom. The van der Waals surface area contributed by atoms with Crippen LogP contribution in [0, 0.1) is 0 Å². The summed E-state index contributed by atoms with van der Waals surface area (Å²) in [5.41, 5.74) is 5.16. The minimum atomic E-state index is -3.93. The van der Waals surface area contributed by atoms with Gasteiger partial charge in [-0.25, -0.2) is 4.79 Å². The molecular formula is C7H10N2O4S. The second kappa shape index (κ2) is 3.41. The van der Waals surface area contributed by atoms with Crippen LogP contribution in [0.2, 0.25) is 0 Å². The predicted molar refractivity (Wildman–Crippen MR) is 49.9 cm³/mol. The van der Waals surface area contributed by atoms with Crippen LogP contribution >= 0.6 is 0 Å². The van der Waals surface area contributed by atoms with E-state index in [0.717, 1.165) is 6.08 Å². The van der Waals surface area contributed by atoms with Gasteiger partial charge < -0.3 is 10.5 Å². The molecule has 1 heterocycles. The molecule has 14 heavy (non-hydrogen) atoms. The van der Waals surface area contributed by atoms with Gasteiger partial charge in [0.2, 0.25) is 0 Å². The van der Waals surface area contributed by atoms with Crippen molar-refractivity contribution in [2.24, 2.45) is 10.1 Å². The number of amidine groups is 1. The molecule has 6 nitrogen and oxygen atoms in total. The molecule has 0 aromatic rings. The molecule has 1 aliphatic rings. The Labute approximate surface area is 81.5 Å². The lowest BCUT2D eigenvalue weighted by molar-refractivity contribution is -0.141. The second-order valence-electron chi connectivity index (χ2n) is 2.95. The highest BCUT2D eigenvalue weighted by molar-refractivity contribution is 7.95. The number of rotatable bonds is 2. The van der Waals surface area contributed by atoms with Crippen molar-refractivity contribution < 1.29 is 17.9 Å². The fraction of sp³-hybridized carbons (Fsp3) is 0.429. The van der Waals surface area contributed by atoms with Gasteiger partial charge in [0.1, 0.15) is 5.84 Å². The Hall–Kier alpha value is -1.37. The van der Waals surface area contributed by atoms with Gasteiger partial charge in [-0.1, -0.05) is 0 Å². The summed E-state index contributed by atoms with van der Waals surface area (Å²) >= 11 is 0. The third-order valence-corrected chi connectivity index (χ3v) is 2.62. The summed E-state index contributed by atoms with van der Waals surface area (Å²) in [4.78, 5) is 10.7. The van der Waals surface area contributed by atoms with E-state index < -0.39 is 20.9 Å². The molecule has 1 rings (SSSR count). The molecule has 0 amide bonds. The highest BCUT2D eigenvalue weighted by Crippen LogP contribution is 2.17. The van der Waals surface area contributed by atoms with E-state index >= 15 is 0 Å². The average molecular weight is 218 g/mol. The van der Waals surface area contributed by atoms with E-state index in [4.69, 9.17) is 10.5 Å². The summed E-state index contributed by atoms with van der Waals surface area (Å²) in [7, 11) is -3.93. The molecule has 7 heteroatoms. The number of ether oxygens (including phenoxy) is 1. The van der Waals surface area contributed by atoms with Gasteiger partial charge in [0.15, 0.2) is 4.91 Å². The Kier molecular flexibility index (Phi) is 2.61. The topological polar surface area (TPSA) is 98.8 Å². The van der Waals surface area contributed by atoms with Crippen molar-refractivity contribution in [3.8, 4) is 0 Å². The van der Waals surface area contributed by atoms with E-state index in [1.165, 1.54) is 0 Å². The third kappa shape index (κ3) is 2.11. The van der Waals surface area contributed by atoms with Crippen molar-refractivity contribution in [3.05, 3.63) is 11.0 Å². The maximum Gasteiger partial charge on any atom is 0.352 e. The first kappa shape index (κ1) is 10.7. The molecule has 0 unspecified atom stereocenters. The molecule has 0 aromatic carbocycles. The van der Waals surface area contributed by atoms with E-state index in [1.807, 2.05) is 0 Å². The lowest BCUT2D eigenvalue weighted by Crippen LogP contribution is -2.16. The van der Waals surface area contributed by atoms with Crippen molar-refractivity contribution in [2.45, 2.75) is 20.0 Å². The fourth-order valence-electron chi connectivity index (χ4n) is 0.859. The Morgan fingerprint density at radius 2 is 2.14 bits per heavy atom. The number of carbonyl (C=O) groups excluding carboxylic acids is 1. The first-order valence-electron chi connectivity index (χ1n) is 3.86. The van der Waals surface area contributed by atoms with Crippen LogP contribution in [0.1, 0.15) is 13.8 Å². The zero-order valence-corrected chi connectivity index (χ0v) is 8.54. The molecule has 0 saturated carbocycles. The first-order chi connectivity index (χ1) is 6.33. The number of carbonyl (C=O) groups is 1. The van der Waals surface area contributed by atoms with Crippen LogP contribution in [0.25, 0.3) is 0 Å². The second-order valence-corrected chi connectivity index (χ2v) is 4.53. The van der Waals surface area contributed by atoms with E-state index in [9.17, 15) is 13.2 Å². The number of hydrogen-bond donors (Lipinski definition) is 1. The van der Waals surface area contributed by atoms with Crippen LogP contribution in [0.4, 0.5) is 0 Å². The molecule has 0 spiro atoms. The number of hydrogen-bond acceptors (Lipinski definition) is 5. The molecule has 1 aliphatic heterocycles. The predicted octanol–water partition coefficient (Wildman–Crippen LogP) is -0.477. The summed E-state index contributed by atoms with van der Waals surface area (Å²) < 4.78 is 30.1. The van der Waals surface area contributed by atoms with Crippen LogP contribution in [-0.4, -0.2) is 26.3 Å². The van der Waals surface area contributed by atoms with Crippen LogP contribution in [-0.2, 0) is 19.6 Å².